The van der Waals surface area contributed by atoms with Gasteiger partial charge < -0.3 is 5.11 Å². The van der Waals surface area contributed by atoms with Gasteiger partial charge in [-0.2, -0.15) is 0 Å². The summed E-state index contributed by atoms with van der Waals surface area (Å²) in [4.78, 5) is 22.6. The van der Waals surface area contributed by atoms with Crippen molar-refractivity contribution in [3.05, 3.63) is 0 Å². The van der Waals surface area contributed by atoms with Crippen molar-refractivity contribution in [1.82, 2.24) is 4.90 Å². The monoisotopic (exact) mass is 153 g/mol. The molecular formula is C7H7NO3. The highest BCUT2D eigenvalue weighted by Crippen LogP contribution is 2.11. The molecule has 1 unspecified atom stereocenters. The number of likely N-dealkylation sites (tertiary alicyclic amines) is 1. The Bertz CT molecular complexity index is 241. The van der Waals surface area contributed by atoms with E-state index in [-0.39, 0.29) is 13.0 Å². The van der Waals surface area contributed by atoms with Gasteiger partial charge in [0.25, 0.3) is 5.91 Å². The fourth-order valence-corrected chi connectivity index (χ4v) is 0.923. The number of carbonyl (C=O) groups is 2. The standard InChI is InChI=1S/C7H7NO3/c1-2-3-8-6(10)4-5(9)7(8)11/h1,5,9H,3-4H2. The average Bonchev–Trinajstić information content (AvgIpc) is 2.17. The second-order valence-electron chi connectivity index (χ2n) is 2.24. The van der Waals surface area contributed by atoms with E-state index in [9.17, 15) is 9.59 Å². The molecule has 1 aliphatic rings. The molecule has 0 aromatic heterocycles. The largest absolute Gasteiger partial charge is 0.383 e. The minimum atomic E-state index is -1.18. The first-order valence-corrected chi connectivity index (χ1v) is 3.12. The summed E-state index contributed by atoms with van der Waals surface area (Å²) >= 11 is 0. The third kappa shape index (κ3) is 1.23. The minimum absolute atomic E-state index is 0.0469. The van der Waals surface area contributed by atoms with E-state index in [2.05, 4.69) is 5.92 Å². The number of carbonyl (C=O) groups excluding carboxylic acids is 2. The Hall–Kier alpha value is -1.34. The molecule has 1 rings (SSSR count). The van der Waals surface area contributed by atoms with Crippen molar-refractivity contribution in [3.63, 3.8) is 0 Å². The van der Waals surface area contributed by atoms with E-state index in [1.54, 1.807) is 0 Å². The van der Waals surface area contributed by atoms with E-state index in [1.165, 1.54) is 0 Å². The van der Waals surface area contributed by atoms with Gasteiger partial charge in [-0.15, -0.1) is 6.42 Å². The lowest BCUT2D eigenvalue weighted by molar-refractivity contribution is -0.139. The molecule has 4 nitrogen and oxygen atoms in total. The summed E-state index contributed by atoms with van der Waals surface area (Å²) < 4.78 is 0. The molecule has 58 valence electrons. The normalized spacial score (nSPS) is 24.0. The number of amides is 2. The Labute approximate surface area is 63.8 Å². The Morgan fingerprint density at radius 3 is 2.73 bits per heavy atom. The highest BCUT2D eigenvalue weighted by atomic mass is 16.3. The lowest BCUT2D eigenvalue weighted by atomic mass is 10.3. The quantitative estimate of drug-likeness (QED) is 0.378. The minimum Gasteiger partial charge on any atom is -0.383 e. The van der Waals surface area contributed by atoms with Gasteiger partial charge in [0.2, 0.25) is 5.91 Å². The van der Waals surface area contributed by atoms with Crippen LogP contribution >= 0.6 is 0 Å². The smallest absolute Gasteiger partial charge is 0.259 e. The molecule has 0 aromatic carbocycles. The summed E-state index contributed by atoms with van der Waals surface area (Å²) in [6.07, 6.45) is 3.58. The highest BCUT2D eigenvalue weighted by molar-refractivity contribution is 6.04. The third-order valence-corrected chi connectivity index (χ3v) is 1.47. The van der Waals surface area contributed by atoms with E-state index in [4.69, 9.17) is 11.5 Å². The molecular weight excluding hydrogens is 146 g/mol. The van der Waals surface area contributed by atoms with Gasteiger partial charge in [0, 0.05) is 0 Å². The van der Waals surface area contributed by atoms with Gasteiger partial charge in [-0.05, 0) is 0 Å². The predicted molar refractivity (Wildman–Crippen MR) is 36.2 cm³/mol. The van der Waals surface area contributed by atoms with E-state index in [1.807, 2.05) is 0 Å². The molecule has 1 saturated heterocycles. The Morgan fingerprint density at radius 1 is 1.73 bits per heavy atom. The van der Waals surface area contributed by atoms with Crippen molar-refractivity contribution in [2.24, 2.45) is 0 Å². The van der Waals surface area contributed by atoms with Crippen LogP contribution in [-0.2, 0) is 9.59 Å². The van der Waals surface area contributed by atoms with Crippen LogP contribution in [0.3, 0.4) is 0 Å². The highest BCUT2D eigenvalue weighted by Gasteiger charge is 2.36. The van der Waals surface area contributed by atoms with E-state index in [0.29, 0.717) is 0 Å². The summed E-state index contributed by atoms with van der Waals surface area (Å²) in [7, 11) is 0. The van der Waals surface area contributed by atoms with E-state index >= 15 is 0 Å². The third-order valence-electron chi connectivity index (χ3n) is 1.47. The van der Waals surface area contributed by atoms with Crippen molar-refractivity contribution >= 4 is 11.8 Å². The molecule has 0 saturated carbocycles. The Balaban J connectivity index is 2.73. The lowest BCUT2D eigenvalue weighted by Crippen LogP contribution is -2.32. The first-order chi connectivity index (χ1) is 5.16. The van der Waals surface area contributed by atoms with Crippen LogP contribution in [0.4, 0.5) is 0 Å². The number of aliphatic hydroxyl groups excluding tert-OH is 1. The van der Waals surface area contributed by atoms with E-state index in [0.717, 1.165) is 4.90 Å². The van der Waals surface area contributed by atoms with Gasteiger partial charge in [-0.25, -0.2) is 0 Å². The van der Waals surface area contributed by atoms with Crippen LogP contribution in [-0.4, -0.2) is 34.5 Å². The van der Waals surface area contributed by atoms with Crippen molar-refractivity contribution < 1.29 is 14.7 Å². The molecule has 1 N–H and O–H groups in total. The Kier molecular flexibility index (Phi) is 1.92. The van der Waals surface area contributed by atoms with Crippen LogP contribution < -0.4 is 0 Å². The maximum atomic E-state index is 10.9. The number of rotatable bonds is 1. The zero-order valence-corrected chi connectivity index (χ0v) is 5.78. The van der Waals surface area contributed by atoms with Gasteiger partial charge in [-0.3, -0.25) is 14.5 Å². The summed E-state index contributed by atoms with van der Waals surface area (Å²) in [5, 5.41) is 8.88. The van der Waals surface area contributed by atoms with Crippen LogP contribution in [0.1, 0.15) is 6.42 Å². The van der Waals surface area contributed by atoms with Crippen molar-refractivity contribution in [1.29, 1.82) is 0 Å². The fourth-order valence-electron chi connectivity index (χ4n) is 0.923. The summed E-state index contributed by atoms with van der Waals surface area (Å²) in [5.41, 5.74) is 0. The van der Waals surface area contributed by atoms with Crippen molar-refractivity contribution in [3.8, 4) is 12.3 Å². The van der Waals surface area contributed by atoms with Gasteiger partial charge in [0.05, 0.1) is 13.0 Å². The molecule has 1 aliphatic heterocycles. The number of terminal acetylenes is 1. The summed E-state index contributed by atoms with van der Waals surface area (Å²) in [5.74, 6) is 1.17. The lowest BCUT2D eigenvalue weighted by Gasteiger charge is -2.08. The number of imide groups is 1. The summed E-state index contributed by atoms with van der Waals surface area (Å²) in [6, 6.07) is 0. The second-order valence-corrected chi connectivity index (χ2v) is 2.24. The molecule has 0 spiro atoms. The Morgan fingerprint density at radius 2 is 2.36 bits per heavy atom. The molecule has 0 aliphatic carbocycles. The van der Waals surface area contributed by atoms with Gasteiger partial charge in [-0.1, -0.05) is 5.92 Å². The number of hydrogen-bond acceptors (Lipinski definition) is 3. The van der Waals surface area contributed by atoms with Crippen LogP contribution in [0.2, 0.25) is 0 Å². The van der Waals surface area contributed by atoms with Crippen molar-refractivity contribution in [2.45, 2.75) is 12.5 Å². The zero-order valence-electron chi connectivity index (χ0n) is 5.78. The first kappa shape index (κ1) is 7.76. The number of nitrogens with zero attached hydrogens (tertiary/aromatic N) is 1. The molecule has 2 amide bonds. The maximum Gasteiger partial charge on any atom is 0.259 e. The number of aliphatic hydroxyl groups is 1. The van der Waals surface area contributed by atoms with Crippen LogP contribution in [0.25, 0.3) is 0 Å². The van der Waals surface area contributed by atoms with Crippen LogP contribution in [0.5, 0.6) is 0 Å². The predicted octanol–water partition coefficient (Wildman–Crippen LogP) is -1.26. The molecule has 0 aromatic rings. The molecule has 1 atom stereocenters. The first-order valence-electron chi connectivity index (χ1n) is 3.12. The number of hydrogen-bond donors (Lipinski definition) is 1. The SMILES string of the molecule is C#CCN1C(=O)CC(O)C1=O. The molecule has 11 heavy (non-hydrogen) atoms. The van der Waals surface area contributed by atoms with Crippen LogP contribution in [0, 0.1) is 12.3 Å². The topological polar surface area (TPSA) is 57.6 Å². The van der Waals surface area contributed by atoms with Crippen molar-refractivity contribution in [2.75, 3.05) is 6.54 Å². The second kappa shape index (κ2) is 2.72. The molecule has 4 heteroatoms. The molecule has 0 bridgehead atoms. The summed E-state index contributed by atoms with van der Waals surface area (Å²) in [6.45, 7) is -0.0469. The zero-order chi connectivity index (χ0) is 8.43. The molecule has 1 heterocycles. The van der Waals surface area contributed by atoms with Gasteiger partial charge in [0.1, 0.15) is 6.10 Å². The van der Waals surface area contributed by atoms with Gasteiger partial charge in [0.15, 0.2) is 0 Å². The van der Waals surface area contributed by atoms with Crippen LogP contribution in [0.15, 0.2) is 0 Å². The average molecular weight is 153 g/mol. The van der Waals surface area contributed by atoms with E-state index < -0.39 is 17.9 Å². The molecule has 1 fully saturated rings. The fraction of sp³-hybridized carbons (Fsp3) is 0.429. The van der Waals surface area contributed by atoms with Gasteiger partial charge >= 0.3 is 0 Å². The maximum absolute atomic E-state index is 10.9. The molecule has 0 radical (unpaired) electrons.